The van der Waals surface area contributed by atoms with Crippen LogP contribution in [0.15, 0.2) is 45.6 Å². The number of hydrogen-bond donors (Lipinski definition) is 1. The second-order valence-corrected chi connectivity index (χ2v) is 5.25. The van der Waals surface area contributed by atoms with Gasteiger partial charge in [0.1, 0.15) is 11.3 Å². The van der Waals surface area contributed by atoms with E-state index in [1.165, 1.54) is 13.2 Å². The van der Waals surface area contributed by atoms with E-state index in [4.69, 9.17) is 9.15 Å². The fraction of sp³-hybridized carbons (Fsp3) is 0.167. The first-order valence-corrected chi connectivity index (χ1v) is 6.92. The highest BCUT2D eigenvalue weighted by Crippen LogP contribution is 2.32. The molecule has 4 nitrogen and oxygen atoms in total. The van der Waals surface area contributed by atoms with Gasteiger partial charge >= 0.3 is 0 Å². The number of rotatable bonds is 2. The molecule has 0 atom stereocenters. The predicted octanol–water partition coefficient (Wildman–Crippen LogP) is 3.79. The van der Waals surface area contributed by atoms with Crippen LogP contribution >= 0.6 is 0 Å². The SMILES string of the molecule is COc1ccc(-c2c(C)oc3cc(C)ccc3c2=O)cc1O. The van der Waals surface area contributed by atoms with Crippen LogP contribution in [-0.4, -0.2) is 12.2 Å². The van der Waals surface area contributed by atoms with Crippen molar-refractivity contribution in [1.82, 2.24) is 0 Å². The Balaban J connectivity index is 2.29. The first-order valence-electron chi connectivity index (χ1n) is 6.92. The number of aryl methyl sites for hydroxylation is 2. The molecule has 0 fully saturated rings. The summed E-state index contributed by atoms with van der Waals surface area (Å²) >= 11 is 0. The van der Waals surface area contributed by atoms with Crippen molar-refractivity contribution in [1.29, 1.82) is 0 Å². The number of aromatic hydroxyl groups is 1. The Bertz CT molecular complexity index is 922. The molecule has 112 valence electrons. The van der Waals surface area contributed by atoms with Gasteiger partial charge in [0.2, 0.25) is 5.43 Å². The summed E-state index contributed by atoms with van der Waals surface area (Å²) in [5.41, 5.74) is 2.55. The number of phenols is 1. The van der Waals surface area contributed by atoms with E-state index in [1.807, 2.05) is 19.1 Å². The van der Waals surface area contributed by atoms with Gasteiger partial charge in [-0.1, -0.05) is 12.1 Å². The lowest BCUT2D eigenvalue weighted by Crippen LogP contribution is -2.07. The largest absolute Gasteiger partial charge is 0.504 e. The number of methoxy groups -OCH3 is 1. The molecule has 0 aliphatic rings. The molecule has 3 aromatic rings. The van der Waals surface area contributed by atoms with E-state index in [0.29, 0.717) is 33.6 Å². The highest BCUT2D eigenvalue weighted by molar-refractivity contribution is 5.83. The molecule has 0 radical (unpaired) electrons. The van der Waals surface area contributed by atoms with Crippen molar-refractivity contribution in [3.8, 4) is 22.6 Å². The van der Waals surface area contributed by atoms with E-state index >= 15 is 0 Å². The highest BCUT2D eigenvalue weighted by Gasteiger charge is 2.15. The average Bonchev–Trinajstić information content (AvgIpc) is 2.47. The second kappa shape index (κ2) is 5.22. The normalized spacial score (nSPS) is 10.9. The predicted molar refractivity (Wildman–Crippen MR) is 85.6 cm³/mol. The Labute approximate surface area is 127 Å². The zero-order valence-electron chi connectivity index (χ0n) is 12.6. The molecule has 0 bridgehead atoms. The summed E-state index contributed by atoms with van der Waals surface area (Å²) in [6, 6.07) is 10.4. The molecule has 0 saturated heterocycles. The summed E-state index contributed by atoms with van der Waals surface area (Å²) < 4.78 is 10.8. The Kier molecular flexibility index (Phi) is 3.37. The van der Waals surface area contributed by atoms with Crippen LogP contribution in [0.1, 0.15) is 11.3 Å². The van der Waals surface area contributed by atoms with Crippen LogP contribution in [0.4, 0.5) is 0 Å². The molecule has 0 amide bonds. The Morgan fingerprint density at radius 3 is 2.55 bits per heavy atom. The van der Waals surface area contributed by atoms with E-state index in [0.717, 1.165) is 5.56 Å². The van der Waals surface area contributed by atoms with Crippen LogP contribution in [0.3, 0.4) is 0 Å². The lowest BCUT2D eigenvalue weighted by Gasteiger charge is -2.09. The smallest absolute Gasteiger partial charge is 0.200 e. The van der Waals surface area contributed by atoms with Crippen molar-refractivity contribution >= 4 is 11.0 Å². The molecule has 1 N–H and O–H groups in total. The van der Waals surface area contributed by atoms with Gasteiger partial charge < -0.3 is 14.3 Å². The van der Waals surface area contributed by atoms with Gasteiger partial charge in [-0.3, -0.25) is 4.79 Å². The molecule has 0 aliphatic heterocycles. The van der Waals surface area contributed by atoms with Gasteiger partial charge in [0.15, 0.2) is 11.5 Å². The fourth-order valence-electron chi connectivity index (χ4n) is 2.59. The monoisotopic (exact) mass is 296 g/mol. The van der Waals surface area contributed by atoms with Crippen molar-refractivity contribution in [2.75, 3.05) is 7.11 Å². The van der Waals surface area contributed by atoms with Crippen LogP contribution in [-0.2, 0) is 0 Å². The summed E-state index contributed by atoms with van der Waals surface area (Å²) in [7, 11) is 1.48. The number of phenolic OH excluding ortho intramolecular Hbond substituents is 1. The summed E-state index contributed by atoms with van der Waals surface area (Å²) in [5.74, 6) is 0.873. The van der Waals surface area contributed by atoms with Gasteiger partial charge in [0.05, 0.1) is 18.1 Å². The Hall–Kier alpha value is -2.75. The van der Waals surface area contributed by atoms with E-state index in [-0.39, 0.29) is 11.2 Å². The zero-order chi connectivity index (χ0) is 15.9. The summed E-state index contributed by atoms with van der Waals surface area (Å²) in [6.45, 7) is 3.70. The molecule has 0 aliphatic carbocycles. The molecular weight excluding hydrogens is 280 g/mol. The second-order valence-electron chi connectivity index (χ2n) is 5.25. The van der Waals surface area contributed by atoms with Crippen molar-refractivity contribution in [3.63, 3.8) is 0 Å². The molecule has 1 heterocycles. The third kappa shape index (κ3) is 2.22. The van der Waals surface area contributed by atoms with Gasteiger partial charge in [-0.2, -0.15) is 0 Å². The maximum Gasteiger partial charge on any atom is 0.200 e. The minimum Gasteiger partial charge on any atom is -0.504 e. The van der Waals surface area contributed by atoms with E-state index in [1.54, 1.807) is 25.1 Å². The maximum absolute atomic E-state index is 12.8. The van der Waals surface area contributed by atoms with Gasteiger partial charge in [-0.15, -0.1) is 0 Å². The lowest BCUT2D eigenvalue weighted by atomic mass is 10.0. The quantitative estimate of drug-likeness (QED) is 0.781. The number of ether oxygens (including phenoxy) is 1. The molecule has 22 heavy (non-hydrogen) atoms. The molecule has 0 saturated carbocycles. The first kappa shape index (κ1) is 14.2. The lowest BCUT2D eigenvalue weighted by molar-refractivity contribution is 0.373. The van der Waals surface area contributed by atoms with Crippen LogP contribution in [0, 0.1) is 13.8 Å². The summed E-state index contributed by atoms with van der Waals surface area (Å²) in [5, 5.41) is 10.5. The maximum atomic E-state index is 12.8. The van der Waals surface area contributed by atoms with Crippen molar-refractivity contribution < 1.29 is 14.3 Å². The topological polar surface area (TPSA) is 59.7 Å². The summed E-state index contributed by atoms with van der Waals surface area (Å²) in [4.78, 5) is 12.8. The van der Waals surface area contributed by atoms with Crippen LogP contribution in [0.25, 0.3) is 22.1 Å². The van der Waals surface area contributed by atoms with Gasteiger partial charge in [-0.05, 0) is 49.2 Å². The van der Waals surface area contributed by atoms with Crippen LogP contribution in [0.2, 0.25) is 0 Å². The molecule has 4 heteroatoms. The van der Waals surface area contributed by atoms with Gasteiger partial charge in [-0.25, -0.2) is 0 Å². The van der Waals surface area contributed by atoms with Crippen molar-refractivity contribution in [2.24, 2.45) is 0 Å². The molecule has 2 aromatic carbocycles. The first-order chi connectivity index (χ1) is 10.5. The number of benzene rings is 2. The Morgan fingerprint density at radius 1 is 1.09 bits per heavy atom. The molecular formula is C18H16O4. The van der Waals surface area contributed by atoms with E-state index in [9.17, 15) is 9.90 Å². The third-order valence-electron chi connectivity index (χ3n) is 3.69. The van der Waals surface area contributed by atoms with Crippen LogP contribution in [0.5, 0.6) is 11.5 Å². The molecule has 3 rings (SSSR count). The van der Waals surface area contributed by atoms with Gasteiger partial charge in [0.25, 0.3) is 0 Å². The van der Waals surface area contributed by atoms with Crippen molar-refractivity contribution in [2.45, 2.75) is 13.8 Å². The molecule has 0 unspecified atom stereocenters. The summed E-state index contributed by atoms with van der Waals surface area (Å²) in [6.07, 6.45) is 0. The van der Waals surface area contributed by atoms with E-state index in [2.05, 4.69) is 0 Å². The number of fused-ring (bicyclic) bond motifs is 1. The van der Waals surface area contributed by atoms with Gasteiger partial charge in [0, 0.05) is 0 Å². The minimum absolute atomic E-state index is 0.0113. The number of hydrogen-bond acceptors (Lipinski definition) is 4. The van der Waals surface area contributed by atoms with Crippen LogP contribution < -0.4 is 10.2 Å². The van der Waals surface area contributed by atoms with E-state index < -0.39 is 0 Å². The minimum atomic E-state index is -0.108. The highest BCUT2D eigenvalue weighted by atomic mass is 16.5. The third-order valence-corrected chi connectivity index (χ3v) is 3.69. The molecule has 1 aromatic heterocycles. The Morgan fingerprint density at radius 2 is 1.86 bits per heavy atom. The van der Waals surface area contributed by atoms with Crippen molar-refractivity contribution in [3.05, 3.63) is 57.9 Å². The standard InChI is InChI=1S/C18H16O4/c1-10-4-6-13-16(8-10)22-11(2)17(18(13)20)12-5-7-15(21-3)14(19)9-12/h4-9,19H,1-3H3. The average molecular weight is 296 g/mol. The fourth-order valence-corrected chi connectivity index (χ4v) is 2.59. The molecule has 0 spiro atoms. The zero-order valence-corrected chi connectivity index (χ0v) is 12.6.